The maximum absolute atomic E-state index is 11.3. The van der Waals surface area contributed by atoms with Gasteiger partial charge in [-0.2, -0.15) is 0 Å². The quantitative estimate of drug-likeness (QED) is 0.624. The Hall–Kier alpha value is -2.60. The van der Waals surface area contributed by atoms with E-state index in [4.69, 9.17) is 11.1 Å². The minimum Gasteiger partial charge on any atom is -0.366 e. The van der Waals surface area contributed by atoms with Crippen LogP contribution in [-0.2, 0) is 10.1 Å². The average Bonchev–Trinajstić information content (AvgIpc) is 2.61. The number of nitrogens with two attached hydrogens (primary N) is 1. The normalized spacial score (nSPS) is 24.9. The van der Waals surface area contributed by atoms with Crippen molar-refractivity contribution in [1.82, 2.24) is 5.32 Å². The first-order valence-electron chi connectivity index (χ1n) is 8.55. The van der Waals surface area contributed by atoms with Crippen LogP contribution in [0.3, 0.4) is 0 Å². The van der Waals surface area contributed by atoms with Crippen molar-refractivity contribution in [3.05, 3.63) is 65.4 Å². The van der Waals surface area contributed by atoms with Crippen molar-refractivity contribution >= 4 is 25.2 Å². The van der Waals surface area contributed by atoms with Crippen molar-refractivity contribution in [2.45, 2.75) is 18.2 Å². The highest BCUT2D eigenvalue weighted by Gasteiger charge is 2.28. The van der Waals surface area contributed by atoms with Crippen LogP contribution in [0, 0.1) is 5.41 Å². The highest BCUT2D eigenvalue weighted by atomic mass is 16.1. The van der Waals surface area contributed by atoms with E-state index in [-0.39, 0.29) is 16.6 Å². The van der Waals surface area contributed by atoms with Gasteiger partial charge in [0.1, 0.15) is 7.85 Å². The van der Waals surface area contributed by atoms with Gasteiger partial charge in [-0.1, -0.05) is 24.3 Å². The highest BCUT2D eigenvalue weighted by molar-refractivity contribution is 6.28. The molecular weight excluding hydrogens is 311 g/mol. The molecule has 0 spiro atoms. The zero-order chi connectivity index (χ0) is 17.9. The fourth-order valence-corrected chi connectivity index (χ4v) is 3.33. The van der Waals surface area contributed by atoms with Crippen LogP contribution in [0.4, 0.5) is 5.69 Å². The Morgan fingerprint density at radius 3 is 2.76 bits per heavy atom. The highest BCUT2D eigenvalue weighted by Crippen LogP contribution is 2.28. The van der Waals surface area contributed by atoms with Crippen LogP contribution in [0.25, 0.3) is 0 Å². The molecule has 1 amide bonds. The minimum absolute atomic E-state index is 0.139. The van der Waals surface area contributed by atoms with Gasteiger partial charge in [-0.3, -0.25) is 10.2 Å². The number of allylic oxidation sites excluding steroid dienone is 4. The van der Waals surface area contributed by atoms with E-state index in [1.807, 2.05) is 12.1 Å². The summed E-state index contributed by atoms with van der Waals surface area (Å²) in [7, 11) is 2.30. The molecule has 0 bridgehead atoms. The molecule has 5 nitrogen and oxygen atoms in total. The smallest absolute Gasteiger partial charge is 0.250 e. The molecule has 5 N–H and O–H groups in total. The standard InChI is InChI=1S/C19H23BN4O/c20-19(9-2-10-23-12-19)14-5-7-15(8-6-14)24-11-13-3-1-4-16(17(13)21)18(22)25/h1,3-8,11,21,23-24H,2,9-10,12,20H2,(H2,22,25)/b13-11-,21-17?. The maximum atomic E-state index is 11.3. The average molecular weight is 334 g/mol. The Morgan fingerprint density at radius 1 is 1.36 bits per heavy atom. The molecule has 6 heteroatoms. The second-order valence-electron chi connectivity index (χ2n) is 6.84. The molecular formula is C19H23BN4O. The van der Waals surface area contributed by atoms with E-state index in [9.17, 15) is 4.79 Å². The number of amides is 1. The van der Waals surface area contributed by atoms with Crippen LogP contribution in [0.15, 0.2) is 59.8 Å². The Balaban J connectivity index is 1.70. The van der Waals surface area contributed by atoms with Gasteiger partial charge in [-0.15, -0.1) is 0 Å². The van der Waals surface area contributed by atoms with E-state index in [0.717, 1.165) is 18.8 Å². The number of carbonyl (C=O) groups excluding carboxylic acids is 1. The lowest BCUT2D eigenvalue weighted by Gasteiger charge is -2.35. The van der Waals surface area contributed by atoms with E-state index in [2.05, 4.69) is 30.6 Å². The number of nitrogens with one attached hydrogen (secondary N) is 3. The minimum atomic E-state index is -0.584. The monoisotopic (exact) mass is 334 g/mol. The van der Waals surface area contributed by atoms with Gasteiger partial charge in [0.15, 0.2) is 0 Å². The first-order valence-corrected chi connectivity index (χ1v) is 8.55. The number of anilines is 1. The van der Waals surface area contributed by atoms with Gasteiger partial charge in [0.25, 0.3) is 5.91 Å². The Bertz CT molecular complexity index is 771. The number of hydrogen-bond acceptors (Lipinski definition) is 4. The van der Waals surface area contributed by atoms with E-state index in [1.165, 1.54) is 18.4 Å². The van der Waals surface area contributed by atoms with Crippen molar-refractivity contribution in [2.24, 2.45) is 5.73 Å². The zero-order valence-electron chi connectivity index (χ0n) is 14.4. The van der Waals surface area contributed by atoms with Crippen LogP contribution in [0.5, 0.6) is 0 Å². The largest absolute Gasteiger partial charge is 0.366 e. The summed E-state index contributed by atoms with van der Waals surface area (Å²) < 4.78 is 0. The third kappa shape index (κ3) is 3.74. The molecule has 128 valence electrons. The molecule has 1 saturated heterocycles. The Labute approximate surface area is 149 Å². The topological polar surface area (TPSA) is 91.0 Å². The third-order valence-corrected chi connectivity index (χ3v) is 4.94. The van der Waals surface area contributed by atoms with Gasteiger partial charge in [-0.25, -0.2) is 0 Å². The van der Waals surface area contributed by atoms with Gasteiger partial charge in [-0.05, 0) is 55.0 Å². The van der Waals surface area contributed by atoms with E-state index < -0.39 is 5.91 Å². The van der Waals surface area contributed by atoms with Crippen molar-refractivity contribution in [2.75, 3.05) is 18.4 Å². The summed E-state index contributed by atoms with van der Waals surface area (Å²) in [6.45, 7) is 2.11. The molecule has 1 atom stereocenters. The van der Waals surface area contributed by atoms with E-state index in [1.54, 1.807) is 24.4 Å². The van der Waals surface area contributed by atoms with Crippen LogP contribution in [0.2, 0.25) is 0 Å². The van der Waals surface area contributed by atoms with Gasteiger partial charge in [0, 0.05) is 17.5 Å². The third-order valence-electron chi connectivity index (χ3n) is 4.94. The van der Waals surface area contributed by atoms with Crippen LogP contribution in [-0.4, -0.2) is 32.6 Å². The van der Waals surface area contributed by atoms with Crippen molar-refractivity contribution in [3.8, 4) is 0 Å². The summed E-state index contributed by atoms with van der Waals surface area (Å²) >= 11 is 0. The maximum Gasteiger partial charge on any atom is 0.250 e. The molecule has 1 fully saturated rings. The predicted molar refractivity (Wildman–Crippen MR) is 105 cm³/mol. The number of primary amides is 1. The molecule has 3 rings (SSSR count). The second kappa shape index (κ2) is 7.11. The van der Waals surface area contributed by atoms with Gasteiger partial charge >= 0.3 is 0 Å². The summed E-state index contributed by atoms with van der Waals surface area (Å²) in [4.78, 5) is 11.3. The van der Waals surface area contributed by atoms with Gasteiger partial charge in [0.2, 0.25) is 0 Å². The van der Waals surface area contributed by atoms with E-state index >= 15 is 0 Å². The van der Waals surface area contributed by atoms with Gasteiger partial charge < -0.3 is 16.4 Å². The summed E-state index contributed by atoms with van der Waals surface area (Å²) in [6.07, 6.45) is 9.20. The molecule has 0 radical (unpaired) electrons. The predicted octanol–water partition coefficient (Wildman–Crippen LogP) is 1.20. The zero-order valence-corrected chi connectivity index (χ0v) is 14.4. The lowest BCUT2D eigenvalue weighted by molar-refractivity contribution is -0.114. The fraction of sp³-hybridized carbons (Fsp3) is 0.263. The molecule has 1 aromatic rings. The molecule has 1 aromatic carbocycles. The summed E-state index contributed by atoms with van der Waals surface area (Å²) in [5.74, 6) is -0.584. The van der Waals surface area contributed by atoms with Crippen LogP contribution in [0.1, 0.15) is 18.4 Å². The number of hydrogen-bond donors (Lipinski definition) is 4. The number of benzene rings is 1. The van der Waals surface area contributed by atoms with Crippen LogP contribution < -0.4 is 16.4 Å². The molecule has 0 saturated carbocycles. The number of piperidine rings is 1. The SMILES string of the molecule is BC1(c2ccc(N/C=C3/C=CC=C(C(N)=O)C3=N)cc2)CCCNC1. The van der Waals surface area contributed by atoms with Crippen LogP contribution >= 0.6 is 0 Å². The Kier molecular flexibility index (Phi) is 4.90. The van der Waals surface area contributed by atoms with Gasteiger partial charge in [0.05, 0.1) is 11.3 Å². The lowest BCUT2D eigenvalue weighted by Crippen LogP contribution is -2.43. The van der Waals surface area contributed by atoms with Crippen molar-refractivity contribution in [1.29, 1.82) is 5.41 Å². The molecule has 0 aromatic heterocycles. The lowest BCUT2D eigenvalue weighted by atomic mass is 9.60. The molecule has 2 aliphatic rings. The second-order valence-corrected chi connectivity index (χ2v) is 6.84. The molecule has 1 heterocycles. The Morgan fingerprint density at radius 2 is 2.12 bits per heavy atom. The molecule has 1 aliphatic heterocycles. The first-order chi connectivity index (χ1) is 12.0. The molecule has 1 unspecified atom stereocenters. The number of carbonyl (C=O) groups is 1. The number of rotatable bonds is 4. The van der Waals surface area contributed by atoms with E-state index in [0.29, 0.717) is 5.57 Å². The molecule has 1 aliphatic carbocycles. The summed E-state index contributed by atoms with van der Waals surface area (Å²) in [5, 5.41) is 14.9. The first kappa shape index (κ1) is 17.2. The summed E-state index contributed by atoms with van der Waals surface area (Å²) in [5.41, 5.74) is 8.56. The summed E-state index contributed by atoms with van der Waals surface area (Å²) in [6, 6.07) is 8.41. The van der Waals surface area contributed by atoms with Crippen molar-refractivity contribution < 1.29 is 4.79 Å². The molecule has 25 heavy (non-hydrogen) atoms. The van der Waals surface area contributed by atoms with Crippen molar-refractivity contribution in [3.63, 3.8) is 0 Å². The fourth-order valence-electron chi connectivity index (χ4n) is 3.33.